The van der Waals surface area contributed by atoms with Gasteiger partial charge in [0.1, 0.15) is 5.03 Å². The van der Waals surface area contributed by atoms with Crippen molar-refractivity contribution in [2.24, 2.45) is 0 Å². The maximum atomic E-state index is 12.2. The van der Waals surface area contributed by atoms with Gasteiger partial charge in [-0.2, -0.15) is 0 Å². The average molecular weight is 624 g/mol. The number of aliphatic hydroxyl groups is 1. The number of rotatable bonds is 15. The molecule has 3 aromatic rings. The number of amides is 2. The number of aromatic nitrogens is 1. The highest BCUT2D eigenvalue weighted by Crippen LogP contribution is 2.39. The van der Waals surface area contributed by atoms with Gasteiger partial charge in [0.15, 0.2) is 6.29 Å². The summed E-state index contributed by atoms with van der Waals surface area (Å²) >= 11 is 1.33. The maximum absolute atomic E-state index is 12.2. The van der Waals surface area contributed by atoms with E-state index in [0.29, 0.717) is 49.4 Å². The molecule has 1 aromatic heterocycles. The van der Waals surface area contributed by atoms with E-state index in [1.807, 2.05) is 48.5 Å². The van der Waals surface area contributed by atoms with Crippen LogP contribution in [0.1, 0.15) is 83.5 Å². The molecule has 2 amide bonds. The first kappa shape index (κ1) is 33.1. The van der Waals surface area contributed by atoms with E-state index < -0.39 is 18.2 Å². The Morgan fingerprint density at radius 2 is 1.57 bits per heavy atom. The predicted octanol–water partition coefficient (Wildman–Crippen LogP) is 4.68. The molecule has 12 heteroatoms. The smallest absolute Gasteiger partial charge is 0.338 e. The van der Waals surface area contributed by atoms with Crippen molar-refractivity contribution < 1.29 is 39.3 Å². The third-order valence-corrected chi connectivity index (χ3v) is 8.33. The summed E-state index contributed by atoms with van der Waals surface area (Å²) in [5.41, 5.74) is 5.22. The Kier molecular flexibility index (Phi) is 12.7. The third kappa shape index (κ3) is 9.86. The van der Waals surface area contributed by atoms with Crippen molar-refractivity contribution in [3.05, 3.63) is 94.7 Å². The second kappa shape index (κ2) is 16.9. The number of hydrogen-bond acceptors (Lipinski definition) is 9. The van der Waals surface area contributed by atoms with Crippen LogP contribution in [-0.4, -0.2) is 50.0 Å². The predicted molar refractivity (Wildman–Crippen MR) is 162 cm³/mol. The molecule has 0 bridgehead atoms. The zero-order valence-corrected chi connectivity index (χ0v) is 25.0. The first-order valence-corrected chi connectivity index (χ1v) is 15.4. The average Bonchev–Trinajstić information content (AvgIpc) is 3.06. The van der Waals surface area contributed by atoms with Crippen molar-refractivity contribution >= 4 is 29.5 Å². The van der Waals surface area contributed by atoms with E-state index in [2.05, 4.69) is 10.3 Å². The minimum absolute atomic E-state index is 0.0505. The molecule has 0 saturated carbocycles. The molecule has 0 radical (unpaired) electrons. The molecule has 3 atom stereocenters. The van der Waals surface area contributed by atoms with Crippen LogP contribution in [-0.2, 0) is 32.2 Å². The van der Waals surface area contributed by atoms with Gasteiger partial charge in [-0.15, -0.1) is 11.8 Å². The molecule has 1 fully saturated rings. The Morgan fingerprint density at radius 3 is 2.25 bits per heavy atom. The van der Waals surface area contributed by atoms with Crippen LogP contribution in [0.25, 0.3) is 0 Å². The van der Waals surface area contributed by atoms with E-state index in [9.17, 15) is 24.6 Å². The van der Waals surface area contributed by atoms with Crippen molar-refractivity contribution in [2.75, 3.05) is 5.75 Å². The number of aromatic carboxylic acids is 1. The summed E-state index contributed by atoms with van der Waals surface area (Å²) in [7, 11) is 0. The normalized spacial score (nSPS) is 18.0. The lowest BCUT2D eigenvalue weighted by Gasteiger charge is -2.36. The number of benzene rings is 2. The minimum Gasteiger partial charge on any atom is -0.478 e. The van der Waals surface area contributed by atoms with Gasteiger partial charge in [0.05, 0.1) is 24.4 Å². The van der Waals surface area contributed by atoms with Crippen molar-refractivity contribution in [1.82, 2.24) is 15.8 Å². The molecule has 1 aliphatic heterocycles. The summed E-state index contributed by atoms with van der Waals surface area (Å²) in [5, 5.41) is 30.8. The number of aliphatic hydroxyl groups excluding tert-OH is 1. The lowest BCUT2D eigenvalue weighted by molar-refractivity contribution is -0.245. The van der Waals surface area contributed by atoms with E-state index in [0.717, 1.165) is 22.3 Å². The van der Waals surface area contributed by atoms with Gasteiger partial charge in [-0.1, -0.05) is 55.0 Å². The minimum atomic E-state index is -1.03. The topological polar surface area (TPSA) is 167 Å². The SMILES string of the molecule is O=C(CCCCCC(=O)NCc1ccc([C@@H]2O[C@H](CSc3ncccc3C(=O)O)C[C@H](c3ccc(CO)cc3)O2)cc1)NO. The van der Waals surface area contributed by atoms with E-state index in [1.54, 1.807) is 17.7 Å². The molecular weight excluding hydrogens is 586 g/mol. The zero-order chi connectivity index (χ0) is 31.3. The molecule has 2 heterocycles. The fourth-order valence-corrected chi connectivity index (χ4v) is 5.75. The summed E-state index contributed by atoms with van der Waals surface area (Å²) in [6.07, 6.45) is 3.46. The van der Waals surface area contributed by atoms with Crippen molar-refractivity contribution in [2.45, 2.75) is 75.2 Å². The number of thioether (sulfide) groups is 1. The number of unbranched alkanes of at least 4 members (excludes halogenated alkanes) is 2. The van der Waals surface area contributed by atoms with Crippen LogP contribution in [0.15, 0.2) is 71.9 Å². The van der Waals surface area contributed by atoms with Gasteiger partial charge in [0.2, 0.25) is 11.8 Å². The van der Waals surface area contributed by atoms with Gasteiger partial charge in [-0.25, -0.2) is 15.3 Å². The maximum Gasteiger partial charge on any atom is 0.338 e. The molecule has 11 nitrogen and oxygen atoms in total. The van der Waals surface area contributed by atoms with Crippen LogP contribution in [0, 0.1) is 0 Å². The molecule has 1 saturated heterocycles. The highest BCUT2D eigenvalue weighted by Gasteiger charge is 2.32. The van der Waals surface area contributed by atoms with Gasteiger partial charge in [-0.3, -0.25) is 14.8 Å². The molecule has 44 heavy (non-hydrogen) atoms. The van der Waals surface area contributed by atoms with E-state index in [-0.39, 0.29) is 36.7 Å². The van der Waals surface area contributed by atoms with E-state index in [1.165, 1.54) is 17.8 Å². The molecule has 1 aliphatic rings. The lowest BCUT2D eigenvalue weighted by Crippen LogP contribution is -2.31. The third-order valence-electron chi connectivity index (χ3n) is 7.20. The first-order valence-electron chi connectivity index (χ1n) is 14.5. The summed E-state index contributed by atoms with van der Waals surface area (Å²) in [5.74, 6) is -1.06. The van der Waals surface area contributed by atoms with Crippen molar-refractivity contribution in [3.63, 3.8) is 0 Å². The highest BCUT2D eigenvalue weighted by atomic mass is 32.2. The summed E-state index contributed by atoms with van der Waals surface area (Å²) in [6, 6.07) is 18.3. The summed E-state index contributed by atoms with van der Waals surface area (Å²) < 4.78 is 12.7. The number of pyridine rings is 1. The Morgan fingerprint density at radius 1 is 0.886 bits per heavy atom. The van der Waals surface area contributed by atoms with E-state index in [4.69, 9.17) is 14.7 Å². The molecule has 0 spiro atoms. The fourth-order valence-electron chi connectivity index (χ4n) is 4.75. The van der Waals surface area contributed by atoms with Gasteiger partial charge >= 0.3 is 5.97 Å². The Balaban J connectivity index is 1.37. The molecule has 2 aromatic carbocycles. The monoisotopic (exact) mass is 623 g/mol. The van der Waals surface area contributed by atoms with Crippen LogP contribution in [0.5, 0.6) is 0 Å². The van der Waals surface area contributed by atoms with Gasteiger partial charge in [-0.05, 0) is 41.7 Å². The molecule has 0 aliphatic carbocycles. The van der Waals surface area contributed by atoms with Crippen LogP contribution < -0.4 is 10.8 Å². The van der Waals surface area contributed by atoms with Gasteiger partial charge in [0, 0.05) is 43.3 Å². The Bertz CT molecular complexity index is 1390. The fraction of sp³-hybridized carbons (Fsp3) is 0.375. The number of carbonyl (C=O) groups is 3. The number of hydrogen-bond donors (Lipinski definition) is 5. The van der Waals surface area contributed by atoms with Crippen molar-refractivity contribution in [1.29, 1.82) is 0 Å². The number of carboxylic acids is 1. The van der Waals surface area contributed by atoms with Crippen LogP contribution in [0.2, 0.25) is 0 Å². The summed E-state index contributed by atoms with van der Waals surface area (Å²) in [6.45, 7) is 0.318. The summed E-state index contributed by atoms with van der Waals surface area (Å²) in [4.78, 5) is 39.2. The highest BCUT2D eigenvalue weighted by molar-refractivity contribution is 7.99. The van der Waals surface area contributed by atoms with Gasteiger partial charge in [0.25, 0.3) is 0 Å². The number of nitrogens with zero attached hydrogens (tertiary/aromatic N) is 1. The molecular formula is C32H37N3O8S. The van der Waals surface area contributed by atoms with Crippen LogP contribution >= 0.6 is 11.8 Å². The number of carboxylic acid groups (broad SMARTS) is 1. The first-order chi connectivity index (χ1) is 21.4. The second-order valence-electron chi connectivity index (χ2n) is 10.4. The van der Waals surface area contributed by atoms with Crippen molar-refractivity contribution in [3.8, 4) is 0 Å². The van der Waals surface area contributed by atoms with Crippen LogP contribution in [0.4, 0.5) is 0 Å². The lowest BCUT2D eigenvalue weighted by atomic mass is 10.0. The quantitative estimate of drug-likeness (QED) is 0.0694. The standard InChI is InChI=1S/C32H37N3O8S/c36-19-22-10-12-23(13-11-22)27-17-25(20-44-30-26(31(39)40)5-4-16-33-30)42-32(43-27)24-14-8-21(9-15-24)18-34-28(37)6-2-1-3-7-29(38)35-41/h4-5,8-16,25,27,32,36,41H,1-3,6-7,17-20H2,(H,34,37)(H,35,38)(H,39,40)/t25-,27+,32+/m0/s1. The van der Waals surface area contributed by atoms with Gasteiger partial charge < -0.3 is 25.0 Å². The second-order valence-corrected chi connectivity index (χ2v) is 11.4. The Hall–Kier alpha value is -3.81. The number of hydroxylamine groups is 1. The zero-order valence-electron chi connectivity index (χ0n) is 24.2. The van der Waals surface area contributed by atoms with E-state index >= 15 is 0 Å². The number of carbonyl (C=O) groups excluding carboxylic acids is 2. The number of ether oxygens (including phenoxy) is 2. The number of nitrogens with one attached hydrogen (secondary N) is 2. The molecule has 4 rings (SSSR count). The van der Waals surface area contributed by atoms with Crippen LogP contribution in [0.3, 0.4) is 0 Å². The molecule has 5 N–H and O–H groups in total. The largest absolute Gasteiger partial charge is 0.478 e. The molecule has 234 valence electrons. The Labute approximate surface area is 260 Å². The molecule has 0 unspecified atom stereocenters.